The highest BCUT2D eigenvalue weighted by atomic mass is 16.5. The molecule has 0 fully saturated rings. The van der Waals surface area contributed by atoms with Crippen LogP contribution < -0.4 is 10.1 Å². The molecule has 2 heteroatoms. The average molecular weight is 283 g/mol. The molecule has 0 amide bonds. The van der Waals surface area contributed by atoms with E-state index in [2.05, 4.69) is 61.6 Å². The van der Waals surface area contributed by atoms with Crippen molar-refractivity contribution in [2.24, 2.45) is 0 Å². The Morgan fingerprint density at radius 2 is 1.76 bits per heavy atom. The molecule has 0 aliphatic heterocycles. The second-order valence-corrected chi connectivity index (χ2v) is 5.26. The van der Waals surface area contributed by atoms with E-state index in [4.69, 9.17) is 4.74 Å². The Labute approximate surface area is 128 Å². The van der Waals surface area contributed by atoms with Crippen LogP contribution >= 0.6 is 0 Å². The first-order valence-corrected chi connectivity index (χ1v) is 7.72. The van der Waals surface area contributed by atoms with Crippen LogP contribution in [0.2, 0.25) is 0 Å². The Balaban J connectivity index is 2.17. The molecule has 0 aliphatic carbocycles. The Morgan fingerprint density at radius 1 is 1.00 bits per heavy atom. The first-order valence-electron chi connectivity index (χ1n) is 7.72. The van der Waals surface area contributed by atoms with E-state index in [-0.39, 0.29) is 0 Å². The maximum absolute atomic E-state index is 5.31. The summed E-state index contributed by atoms with van der Waals surface area (Å²) in [4.78, 5) is 0. The lowest BCUT2D eigenvalue weighted by Gasteiger charge is -2.19. The standard InChI is InChI=1S/C19H25NO/c1-4-15-9-11-17(12-10-15)19(20-5-2)14-16-7-6-8-18(13-16)21-3/h6-13,19-20H,4-5,14H2,1-3H3. The number of hydrogen-bond acceptors (Lipinski definition) is 2. The lowest BCUT2D eigenvalue weighted by atomic mass is 9.97. The van der Waals surface area contributed by atoms with Crippen LogP contribution in [-0.4, -0.2) is 13.7 Å². The van der Waals surface area contributed by atoms with Crippen LogP contribution in [0.4, 0.5) is 0 Å². The van der Waals surface area contributed by atoms with Gasteiger partial charge in [-0.3, -0.25) is 0 Å². The second kappa shape index (κ2) is 7.84. The van der Waals surface area contributed by atoms with Crippen LogP contribution in [-0.2, 0) is 12.8 Å². The number of likely N-dealkylation sites (N-methyl/N-ethyl adjacent to an activating group) is 1. The summed E-state index contributed by atoms with van der Waals surface area (Å²) < 4.78 is 5.31. The van der Waals surface area contributed by atoms with Crippen LogP contribution in [0.1, 0.15) is 36.6 Å². The second-order valence-electron chi connectivity index (χ2n) is 5.26. The van der Waals surface area contributed by atoms with Crippen LogP contribution in [0.3, 0.4) is 0 Å². The van der Waals surface area contributed by atoms with E-state index in [1.54, 1.807) is 7.11 Å². The molecule has 1 unspecified atom stereocenters. The van der Waals surface area contributed by atoms with Crippen molar-refractivity contribution in [3.63, 3.8) is 0 Å². The summed E-state index contributed by atoms with van der Waals surface area (Å²) in [6.07, 6.45) is 2.05. The predicted molar refractivity (Wildman–Crippen MR) is 88.9 cm³/mol. The first kappa shape index (κ1) is 15.6. The molecule has 0 saturated carbocycles. The summed E-state index contributed by atoms with van der Waals surface area (Å²) >= 11 is 0. The van der Waals surface area contributed by atoms with E-state index in [0.717, 1.165) is 25.1 Å². The molecule has 2 aromatic carbocycles. The van der Waals surface area contributed by atoms with E-state index in [1.807, 2.05) is 6.07 Å². The third-order valence-electron chi connectivity index (χ3n) is 3.81. The van der Waals surface area contributed by atoms with E-state index < -0.39 is 0 Å². The maximum Gasteiger partial charge on any atom is 0.119 e. The largest absolute Gasteiger partial charge is 0.497 e. The Hall–Kier alpha value is -1.80. The summed E-state index contributed by atoms with van der Waals surface area (Å²) in [5.74, 6) is 0.920. The van der Waals surface area contributed by atoms with Gasteiger partial charge >= 0.3 is 0 Å². The molecule has 0 aliphatic rings. The summed E-state index contributed by atoms with van der Waals surface area (Å²) in [7, 11) is 1.71. The minimum Gasteiger partial charge on any atom is -0.497 e. The summed E-state index contributed by atoms with van der Waals surface area (Å²) in [5.41, 5.74) is 4.02. The van der Waals surface area contributed by atoms with Crippen molar-refractivity contribution in [3.8, 4) is 5.75 Å². The van der Waals surface area contributed by atoms with Gasteiger partial charge in [0.15, 0.2) is 0 Å². The van der Waals surface area contributed by atoms with Crippen molar-refractivity contribution in [1.29, 1.82) is 0 Å². The highest BCUT2D eigenvalue weighted by molar-refractivity contribution is 5.31. The van der Waals surface area contributed by atoms with Crippen molar-refractivity contribution >= 4 is 0 Å². The topological polar surface area (TPSA) is 21.3 Å². The molecule has 2 nitrogen and oxygen atoms in total. The van der Waals surface area contributed by atoms with Gasteiger partial charge in [0.1, 0.15) is 5.75 Å². The molecule has 0 spiro atoms. The molecular weight excluding hydrogens is 258 g/mol. The molecule has 1 N–H and O–H groups in total. The zero-order valence-corrected chi connectivity index (χ0v) is 13.2. The van der Waals surface area contributed by atoms with E-state index in [1.165, 1.54) is 16.7 Å². The van der Waals surface area contributed by atoms with Crippen molar-refractivity contribution in [2.75, 3.05) is 13.7 Å². The van der Waals surface area contributed by atoms with Gasteiger partial charge < -0.3 is 10.1 Å². The van der Waals surface area contributed by atoms with Gasteiger partial charge in [0, 0.05) is 6.04 Å². The Bertz CT molecular complexity index is 548. The zero-order chi connectivity index (χ0) is 15.1. The van der Waals surface area contributed by atoms with Crippen LogP contribution in [0, 0.1) is 0 Å². The van der Waals surface area contributed by atoms with E-state index in [9.17, 15) is 0 Å². The van der Waals surface area contributed by atoms with Gasteiger partial charge in [-0.1, -0.05) is 50.2 Å². The molecule has 0 radical (unpaired) electrons. The van der Waals surface area contributed by atoms with Crippen molar-refractivity contribution in [3.05, 3.63) is 65.2 Å². The smallest absolute Gasteiger partial charge is 0.119 e. The summed E-state index contributed by atoms with van der Waals surface area (Å²) in [6.45, 7) is 5.30. The number of ether oxygens (including phenoxy) is 1. The molecule has 0 saturated heterocycles. The molecule has 2 rings (SSSR count). The lowest BCUT2D eigenvalue weighted by molar-refractivity contribution is 0.414. The van der Waals surface area contributed by atoms with Gasteiger partial charge in [-0.05, 0) is 48.2 Å². The Kier molecular flexibility index (Phi) is 5.82. The predicted octanol–water partition coefficient (Wildman–Crippen LogP) is 4.15. The van der Waals surface area contributed by atoms with E-state index >= 15 is 0 Å². The van der Waals surface area contributed by atoms with Crippen molar-refractivity contribution < 1.29 is 4.74 Å². The molecule has 0 heterocycles. The van der Waals surface area contributed by atoms with Crippen molar-refractivity contribution in [1.82, 2.24) is 5.32 Å². The fourth-order valence-electron chi connectivity index (χ4n) is 2.58. The number of benzene rings is 2. The lowest BCUT2D eigenvalue weighted by Crippen LogP contribution is -2.23. The number of nitrogens with one attached hydrogen (secondary N) is 1. The normalized spacial score (nSPS) is 12.1. The van der Waals surface area contributed by atoms with Gasteiger partial charge in [0.25, 0.3) is 0 Å². The molecule has 112 valence electrons. The number of rotatable bonds is 7. The summed E-state index contributed by atoms with van der Waals surface area (Å²) in [5, 5.41) is 3.58. The van der Waals surface area contributed by atoms with Crippen LogP contribution in [0.5, 0.6) is 5.75 Å². The third-order valence-corrected chi connectivity index (χ3v) is 3.81. The van der Waals surface area contributed by atoms with Gasteiger partial charge in [-0.25, -0.2) is 0 Å². The fraction of sp³-hybridized carbons (Fsp3) is 0.368. The number of hydrogen-bond donors (Lipinski definition) is 1. The SMILES string of the molecule is CCNC(Cc1cccc(OC)c1)c1ccc(CC)cc1. The van der Waals surface area contributed by atoms with Gasteiger partial charge in [0.2, 0.25) is 0 Å². The molecule has 0 aromatic heterocycles. The van der Waals surface area contributed by atoms with Gasteiger partial charge in [0.05, 0.1) is 7.11 Å². The Morgan fingerprint density at radius 3 is 2.38 bits per heavy atom. The minimum absolute atomic E-state index is 0.341. The van der Waals surface area contributed by atoms with Gasteiger partial charge in [-0.2, -0.15) is 0 Å². The maximum atomic E-state index is 5.31. The molecule has 0 bridgehead atoms. The monoisotopic (exact) mass is 283 g/mol. The van der Waals surface area contributed by atoms with Crippen LogP contribution in [0.25, 0.3) is 0 Å². The number of methoxy groups -OCH3 is 1. The summed E-state index contributed by atoms with van der Waals surface area (Å²) in [6, 6.07) is 17.6. The average Bonchev–Trinajstić information content (AvgIpc) is 2.55. The third kappa shape index (κ3) is 4.33. The molecule has 2 aromatic rings. The highest BCUT2D eigenvalue weighted by Crippen LogP contribution is 2.21. The highest BCUT2D eigenvalue weighted by Gasteiger charge is 2.11. The van der Waals surface area contributed by atoms with Crippen molar-refractivity contribution in [2.45, 2.75) is 32.7 Å². The first-order chi connectivity index (χ1) is 10.3. The van der Waals surface area contributed by atoms with Crippen LogP contribution in [0.15, 0.2) is 48.5 Å². The quantitative estimate of drug-likeness (QED) is 0.824. The number of aryl methyl sites for hydroxylation is 1. The molecule has 1 atom stereocenters. The zero-order valence-electron chi connectivity index (χ0n) is 13.2. The van der Waals surface area contributed by atoms with Gasteiger partial charge in [-0.15, -0.1) is 0 Å². The molecular formula is C19H25NO. The molecule has 21 heavy (non-hydrogen) atoms. The fourth-order valence-corrected chi connectivity index (χ4v) is 2.58. The van der Waals surface area contributed by atoms with E-state index in [0.29, 0.717) is 6.04 Å². The minimum atomic E-state index is 0.341.